The van der Waals surface area contributed by atoms with Crippen molar-refractivity contribution in [2.75, 3.05) is 56.9 Å². The third kappa shape index (κ3) is 230. The quantitative estimate of drug-likeness (QED) is 0.108. The minimum absolute atomic E-state index is 0. The van der Waals surface area contributed by atoms with Crippen molar-refractivity contribution in [2.24, 2.45) is 0 Å². The van der Waals surface area contributed by atoms with E-state index >= 15 is 0 Å². The predicted octanol–water partition coefficient (Wildman–Crippen LogP) is -1.57. The molecule has 0 aliphatic carbocycles. The predicted molar refractivity (Wildman–Crippen MR) is 167 cm³/mol. The van der Waals surface area contributed by atoms with Gasteiger partial charge in [0.2, 0.25) is 0 Å². The molecule has 0 saturated carbocycles. The molecule has 0 aliphatic rings. The van der Waals surface area contributed by atoms with Gasteiger partial charge in [0, 0.05) is 56.9 Å². The van der Waals surface area contributed by atoms with Crippen LogP contribution in [0.3, 0.4) is 0 Å². The van der Waals surface area contributed by atoms with Gasteiger partial charge in [-0.1, -0.05) is 0 Å². The van der Waals surface area contributed by atoms with Gasteiger partial charge in [0.05, 0.1) is 0 Å². The zero-order valence-corrected chi connectivity index (χ0v) is 29.6. The molecule has 0 amide bonds. The third-order valence-electron chi connectivity index (χ3n) is 2.73. The van der Waals surface area contributed by atoms with Crippen LogP contribution in [0.1, 0.15) is 58.2 Å². The molecule has 0 aromatic rings. The molecule has 0 fully saturated rings. The van der Waals surface area contributed by atoms with E-state index in [2.05, 4.69) is 37.9 Å². The summed E-state index contributed by atoms with van der Waals surface area (Å²) in [5.41, 5.74) is 0. The van der Waals surface area contributed by atoms with E-state index < -0.39 is 50.3 Å². The Morgan fingerprint density at radius 1 is 0.286 bits per heavy atom. The van der Waals surface area contributed by atoms with E-state index in [9.17, 15) is 0 Å². The fourth-order valence-corrected chi connectivity index (χ4v) is 0. The standard InChI is InChI=1S/8C3H8O2.Al.Mg.5H/c8*1-3(4)5-2;;;;;;;/h8*3-4H,1-2H3;;;;;;;/q;;;;;;;;;+2;;;;2*-1. The van der Waals surface area contributed by atoms with Crippen molar-refractivity contribution >= 4 is 40.4 Å². The Kier molecular flexibility index (Phi) is 107. The molecule has 16 nitrogen and oxygen atoms in total. The van der Waals surface area contributed by atoms with Crippen LogP contribution in [-0.4, -0.2) is 188 Å². The van der Waals surface area contributed by atoms with E-state index in [4.69, 9.17) is 40.9 Å². The number of hydrogen-bond acceptors (Lipinski definition) is 16. The average molecular weight is 665 g/mol. The Balaban J connectivity index is -0.0000000263. The van der Waals surface area contributed by atoms with Gasteiger partial charge in [-0.2, -0.15) is 0 Å². The minimum Gasteiger partial charge on any atom is -1.00 e. The summed E-state index contributed by atoms with van der Waals surface area (Å²) in [4.78, 5) is 0. The normalized spacial score (nSPS) is 14.3. The fourth-order valence-electron chi connectivity index (χ4n) is 0. The summed E-state index contributed by atoms with van der Waals surface area (Å²) in [6.45, 7) is 12.4. The van der Waals surface area contributed by atoms with E-state index in [0.717, 1.165) is 0 Å². The molecule has 0 rings (SSSR count). The van der Waals surface area contributed by atoms with Crippen LogP contribution in [0.2, 0.25) is 0 Å². The smallest absolute Gasteiger partial charge is 1.00 e. The van der Waals surface area contributed by atoms with Crippen LogP contribution in [-0.2, 0) is 37.9 Å². The van der Waals surface area contributed by atoms with Gasteiger partial charge >= 0.3 is 23.1 Å². The Morgan fingerprint density at radius 2 is 0.310 bits per heavy atom. The Labute approximate surface area is 284 Å². The van der Waals surface area contributed by atoms with E-state index in [1.807, 2.05) is 0 Å². The molecule has 42 heavy (non-hydrogen) atoms. The van der Waals surface area contributed by atoms with Crippen molar-refractivity contribution in [1.82, 2.24) is 0 Å². The Bertz CT molecular complexity index is 272. The molecule has 8 atom stereocenters. The molecule has 0 aromatic carbocycles. The van der Waals surface area contributed by atoms with E-state index in [-0.39, 0.29) is 43.3 Å². The summed E-state index contributed by atoms with van der Waals surface area (Å²) in [5, 5.41) is 65.1. The van der Waals surface area contributed by atoms with Crippen LogP contribution in [0.15, 0.2) is 0 Å². The fraction of sp³-hybridized carbons (Fsp3) is 1.00. The molecule has 0 saturated heterocycles. The van der Waals surface area contributed by atoms with Gasteiger partial charge in [-0.3, -0.25) is 0 Å². The molecular weight excluding hydrogens is 596 g/mol. The Hall–Kier alpha value is 0.659. The van der Waals surface area contributed by atoms with Crippen molar-refractivity contribution in [3.05, 3.63) is 0 Å². The van der Waals surface area contributed by atoms with Crippen LogP contribution < -0.4 is 0 Å². The second-order valence-corrected chi connectivity index (χ2v) is 6.68. The van der Waals surface area contributed by atoms with Gasteiger partial charge in [-0.25, -0.2) is 0 Å². The van der Waals surface area contributed by atoms with Gasteiger partial charge in [0.15, 0.2) is 67.7 Å². The van der Waals surface area contributed by atoms with Crippen LogP contribution in [0, 0.1) is 0 Å². The van der Waals surface area contributed by atoms with Crippen molar-refractivity contribution < 1.29 is 81.6 Å². The topological polar surface area (TPSA) is 236 Å². The largest absolute Gasteiger partial charge is 2.00 e. The molecular formula is C24H69AlMgO16. The first kappa shape index (κ1) is 69.4. The van der Waals surface area contributed by atoms with Crippen molar-refractivity contribution in [1.29, 1.82) is 0 Å². The van der Waals surface area contributed by atoms with Gasteiger partial charge in [0.25, 0.3) is 0 Å². The molecule has 0 bridgehead atoms. The van der Waals surface area contributed by atoms with Crippen LogP contribution in [0.5, 0.6) is 0 Å². The number of aliphatic hydroxyl groups excluding tert-OH is 8. The first-order valence-corrected chi connectivity index (χ1v) is 11.8. The number of methoxy groups -OCH3 is 8. The minimum atomic E-state index is -0.616. The van der Waals surface area contributed by atoms with E-state index in [0.29, 0.717) is 0 Å². The van der Waals surface area contributed by atoms with Crippen LogP contribution in [0.25, 0.3) is 0 Å². The second-order valence-electron chi connectivity index (χ2n) is 6.68. The average Bonchev–Trinajstić information content (AvgIpc) is 2.90. The van der Waals surface area contributed by atoms with Crippen molar-refractivity contribution in [3.63, 3.8) is 0 Å². The van der Waals surface area contributed by atoms with Gasteiger partial charge in [-0.05, 0) is 55.4 Å². The molecule has 0 aliphatic heterocycles. The monoisotopic (exact) mass is 664 g/mol. The summed E-state index contributed by atoms with van der Waals surface area (Å²) >= 11 is 0. The van der Waals surface area contributed by atoms with Crippen molar-refractivity contribution in [3.8, 4) is 0 Å². The maximum atomic E-state index is 8.14. The van der Waals surface area contributed by atoms with Gasteiger partial charge < -0.3 is 81.6 Å². The van der Waals surface area contributed by atoms with Crippen LogP contribution in [0.4, 0.5) is 0 Å². The SMILES string of the molecule is COC(C)O.COC(C)O.COC(C)O.COC(C)O.COC(C)O.COC(C)O.COC(C)O.COC(C)O.[AlH3].[H-].[H-].[Mg+2]. The number of hydrogen-bond donors (Lipinski definition) is 8. The maximum absolute atomic E-state index is 8.14. The number of rotatable bonds is 8. The summed E-state index contributed by atoms with van der Waals surface area (Å²) < 4.78 is 34.4. The molecule has 0 aromatic heterocycles. The zero-order chi connectivity index (χ0) is 34.3. The molecule has 0 spiro atoms. The molecule has 8 unspecified atom stereocenters. The Morgan fingerprint density at radius 3 is 0.310 bits per heavy atom. The van der Waals surface area contributed by atoms with E-state index in [1.165, 1.54) is 56.9 Å². The number of aliphatic hydroxyl groups is 8. The third-order valence-corrected chi connectivity index (χ3v) is 2.73. The molecule has 0 radical (unpaired) electrons. The molecule has 8 N–H and O–H groups in total. The first-order valence-electron chi connectivity index (χ1n) is 11.8. The summed E-state index contributed by atoms with van der Waals surface area (Å²) in [5.74, 6) is 0. The van der Waals surface area contributed by atoms with Gasteiger partial charge in [-0.15, -0.1) is 0 Å². The summed E-state index contributed by atoms with van der Waals surface area (Å²) in [6.07, 6.45) is -4.93. The second kappa shape index (κ2) is 64.6. The van der Waals surface area contributed by atoms with Crippen LogP contribution >= 0.6 is 0 Å². The molecule has 266 valence electrons. The van der Waals surface area contributed by atoms with Crippen molar-refractivity contribution in [2.45, 2.75) is 106 Å². The molecule has 0 heterocycles. The zero-order valence-electron chi connectivity index (χ0n) is 30.2. The first-order chi connectivity index (χ1) is 18.2. The van der Waals surface area contributed by atoms with E-state index in [1.54, 1.807) is 55.4 Å². The summed E-state index contributed by atoms with van der Waals surface area (Å²) in [7, 11) is 11.6. The summed E-state index contributed by atoms with van der Waals surface area (Å²) in [6, 6.07) is 0. The number of ether oxygens (including phenoxy) is 8. The van der Waals surface area contributed by atoms with Gasteiger partial charge in [0.1, 0.15) is 0 Å². The maximum Gasteiger partial charge on any atom is 2.00 e. The molecule has 18 heteroatoms.